The van der Waals surface area contributed by atoms with Crippen molar-refractivity contribution in [1.29, 1.82) is 0 Å². The Morgan fingerprint density at radius 2 is 1.85 bits per heavy atom. The Bertz CT molecular complexity index is 649. The van der Waals surface area contributed by atoms with E-state index in [9.17, 15) is 9.59 Å². The predicted molar refractivity (Wildman–Crippen MR) is 108 cm³/mol. The number of aryl methyl sites for hydroxylation is 2. The monoisotopic (exact) mass is 371 g/mol. The molecule has 4 nitrogen and oxygen atoms in total. The number of unbranched alkanes of at least 4 members (excludes halogenated alkanes) is 1. The van der Waals surface area contributed by atoms with Crippen molar-refractivity contribution >= 4 is 17.6 Å². The highest BCUT2D eigenvalue weighted by Gasteiger charge is 2.23. The third kappa shape index (κ3) is 5.82. The van der Waals surface area contributed by atoms with Gasteiger partial charge in [0.1, 0.15) is 0 Å². The van der Waals surface area contributed by atoms with Crippen LogP contribution in [0.5, 0.6) is 0 Å². The largest absolute Gasteiger partial charge is 0.481 e. The van der Waals surface area contributed by atoms with Gasteiger partial charge in [-0.2, -0.15) is 0 Å². The molecule has 1 saturated carbocycles. The number of carbonyl (C=O) groups is 2. The minimum Gasteiger partial charge on any atom is -0.481 e. The summed E-state index contributed by atoms with van der Waals surface area (Å²) < 4.78 is 0. The lowest BCUT2D eigenvalue weighted by molar-refractivity contribution is -0.137. The molecule has 3 rings (SSSR count). The SMILES string of the molecule is O=C(O)CCCCc1ccc2c(c1)CCCN2C(=O)CCC1CCCCC1. The number of carboxylic acids is 1. The standard InChI is InChI=1S/C23H33NO3/c25-22(15-13-18-7-2-1-3-8-18)24-16-6-10-20-17-19(12-14-21(20)24)9-4-5-11-23(26)27/h12,14,17-18H,1-11,13,15-16H2,(H,26,27). The van der Waals surface area contributed by atoms with Crippen molar-refractivity contribution in [3.63, 3.8) is 0 Å². The van der Waals surface area contributed by atoms with E-state index in [-0.39, 0.29) is 12.3 Å². The fourth-order valence-electron chi connectivity index (χ4n) is 4.61. The lowest BCUT2D eigenvalue weighted by Crippen LogP contribution is -2.35. The maximum atomic E-state index is 12.8. The number of rotatable bonds is 8. The van der Waals surface area contributed by atoms with Gasteiger partial charge in [0.05, 0.1) is 0 Å². The number of amides is 1. The fourth-order valence-corrected chi connectivity index (χ4v) is 4.61. The van der Waals surface area contributed by atoms with Crippen molar-refractivity contribution in [3.05, 3.63) is 29.3 Å². The Morgan fingerprint density at radius 3 is 2.63 bits per heavy atom. The highest BCUT2D eigenvalue weighted by Crippen LogP contribution is 2.31. The summed E-state index contributed by atoms with van der Waals surface area (Å²) in [6, 6.07) is 6.46. The van der Waals surface area contributed by atoms with Crippen molar-refractivity contribution in [1.82, 2.24) is 0 Å². The van der Waals surface area contributed by atoms with Crippen LogP contribution in [0.2, 0.25) is 0 Å². The first kappa shape index (κ1) is 19.9. The summed E-state index contributed by atoms with van der Waals surface area (Å²) in [4.78, 5) is 25.5. The first-order chi connectivity index (χ1) is 13.1. The molecule has 27 heavy (non-hydrogen) atoms. The number of carboxylic acid groups (broad SMARTS) is 1. The molecule has 148 valence electrons. The molecule has 0 spiro atoms. The molecular weight excluding hydrogens is 338 g/mol. The third-order valence-electron chi connectivity index (χ3n) is 6.16. The van der Waals surface area contributed by atoms with Gasteiger partial charge in [0, 0.05) is 25.1 Å². The van der Waals surface area contributed by atoms with E-state index in [1.54, 1.807) is 0 Å². The molecule has 1 aromatic carbocycles. The minimum absolute atomic E-state index is 0.244. The molecule has 1 heterocycles. The number of anilines is 1. The molecule has 0 atom stereocenters. The van der Waals surface area contributed by atoms with Crippen LogP contribution in [0.25, 0.3) is 0 Å². The van der Waals surface area contributed by atoms with E-state index >= 15 is 0 Å². The Hall–Kier alpha value is -1.84. The number of nitrogens with zero attached hydrogens (tertiary/aromatic N) is 1. The van der Waals surface area contributed by atoms with Crippen molar-refractivity contribution in [2.75, 3.05) is 11.4 Å². The Balaban J connectivity index is 1.55. The molecule has 0 saturated heterocycles. The van der Waals surface area contributed by atoms with Crippen molar-refractivity contribution in [2.45, 2.75) is 83.5 Å². The molecule has 4 heteroatoms. The van der Waals surface area contributed by atoms with E-state index in [0.717, 1.165) is 56.7 Å². The topological polar surface area (TPSA) is 57.6 Å². The number of hydrogen-bond acceptors (Lipinski definition) is 2. The van der Waals surface area contributed by atoms with E-state index in [4.69, 9.17) is 5.11 Å². The number of fused-ring (bicyclic) bond motifs is 1. The first-order valence-corrected chi connectivity index (χ1v) is 10.8. The Morgan fingerprint density at radius 1 is 1.04 bits per heavy atom. The summed E-state index contributed by atoms with van der Waals surface area (Å²) in [7, 11) is 0. The van der Waals surface area contributed by atoms with Gasteiger partial charge in [-0.3, -0.25) is 9.59 Å². The van der Waals surface area contributed by atoms with Gasteiger partial charge in [0.15, 0.2) is 0 Å². The number of aliphatic carboxylic acids is 1. The Labute approximate surface area is 163 Å². The van der Waals surface area contributed by atoms with Crippen LogP contribution in [0.15, 0.2) is 18.2 Å². The summed E-state index contributed by atoms with van der Waals surface area (Å²) in [5.74, 6) is 0.318. The van der Waals surface area contributed by atoms with Gasteiger partial charge in [-0.25, -0.2) is 0 Å². The zero-order valence-corrected chi connectivity index (χ0v) is 16.4. The number of carbonyl (C=O) groups excluding carboxylic acids is 1. The van der Waals surface area contributed by atoms with Gasteiger partial charge < -0.3 is 10.0 Å². The maximum Gasteiger partial charge on any atom is 0.303 e. The van der Waals surface area contributed by atoms with Crippen LogP contribution < -0.4 is 4.90 Å². The van der Waals surface area contributed by atoms with Crippen LogP contribution in [-0.4, -0.2) is 23.5 Å². The van der Waals surface area contributed by atoms with E-state index in [1.165, 1.54) is 43.2 Å². The van der Waals surface area contributed by atoms with Crippen molar-refractivity contribution in [3.8, 4) is 0 Å². The predicted octanol–water partition coefficient (Wildman–Crippen LogP) is 5.12. The van der Waals surface area contributed by atoms with Gasteiger partial charge >= 0.3 is 5.97 Å². The van der Waals surface area contributed by atoms with Gasteiger partial charge in [-0.15, -0.1) is 0 Å². The Kier molecular flexibility index (Phi) is 7.31. The lowest BCUT2D eigenvalue weighted by Gasteiger charge is -2.31. The molecule has 1 aliphatic heterocycles. The smallest absolute Gasteiger partial charge is 0.303 e. The highest BCUT2D eigenvalue weighted by molar-refractivity contribution is 5.94. The second-order valence-electron chi connectivity index (χ2n) is 8.26. The highest BCUT2D eigenvalue weighted by atomic mass is 16.4. The third-order valence-corrected chi connectivity index (χ3v) is 6.16. The second kappa shape index (κ2) is 9.91. The van der Waals surface area contributed by atoms with Crippen molar-refractivity contribution < 1.29 is 14.7 Å². The number of hydrogen-bond donors (Lipinski definition) is 1. The summed E-state index contributed by atoms with van der Waals surface area (Å²) in [5, 5.41) is 8.74. The maximum absolute atomic E-state index is 12.8. The number of benzene rings is 1. The zero-order valence-electron chi connectivity index (χ0n) is 16.4. The summed E-state index contributed by atoms with van der Waals surface area (Å²) in [5.41, 5.74) is 3.64. The van der Waals surface area contributed by atoms with Crippen LogP contribution in [0.1, 0.15) is 81.8 Å². The molecule has 0 radical (unpaired) electrons. The average molecular weight is 372 g/mol. The molecule has 0 bridgehead atoms. The van der Waals surface area contributed by atoms with E-state index in [2.05, 4.69) is 18.2 Å². The summed E-state index contributed by atoms with van der Waals surface area (Å²) >= 11 is 0. The van der Waals surface area contributed by atoms with Gasteiger partial charge in [-0.05, 0) is 61.6 Å². The van der Waals surface area contributed by atoms with Crippen LogP contribution >= 0.6 is 0 Å². The normalized spacial score (nSPS) is 17.6. The molecule has 1 fully saturated rings. The molecule has 1 amide bonds. The van der Waals surface area contributed by atoms with Crippen LogP contribution in [0.4, 0.5) is 5.69 Å². The van der Waals surface area contributed by atoms with Gasteiger partial charge in [0.2, 0.25) is 5.91 Å². The van der Waals surface area contributed by atoms with Gasteiger partial charge in [0.25, 0.3) is 0 Å². The van der Waals surface area contributed by atoms with Crippen LogP contribution in [0, 0.1) is 5.92 Å². The zero-order chi connectivity index (χ0) is 19.1. The fraction of sp³-hybridized carbons (Fsp3) is 0.652. The average Bonchev–Trinajstić information content (AvgIpc) is 2.69. The summed E-state index contributed by atoms with van der Waals surface area (Å²) in [6.45, 7) is 0.842. The molecular formula is C23H33NO3. The van der Waals surface area contributed by atoms with Crippen LogP contribution in [-0.2, 0) is 22.4 Å². The molecule has 0 unspecified atom stereocenters. The first-order valence-electron chi connectivity index (χ1n) is 10.8. The second-order valence-corrected chi connectivity index (χ2v) is 8.26. The summed E-state index contributed by atoms with van der Waals surface area (Å²) in [6.07, 6.45) is 13.2. The lowest BCUT2D eigenvalue weighted by atomic mass is 9.86. The van der Waals surface area contributed by atoms with Crippen LogP contribution in [0.3, 0.4) is 0 Å². The van der Waals surface area contributed by atoms with Gasteiger partial charge in [-0.1, -0.05) is 44.2 Å². The molecule has 1 aromatic rings. The van der Waals surface area contributed by atoms with E-state index in [1.807, 2.05) is 4.90 Å². The van der Waals surface area contributed by atoms with E-state index in [0.29, 0.717) is 6.42 Å². The molecule has 1 aliphatic carbocycles. The van der Waals surface area contributed by atoms with E-state index < -0.39 is 5.97 Å². The quantitative estimate of drug-likeness (QED) is 0.645. The molecule has 1 N–H and O–H groups in total. The molecule has 0 aromatic heterocycles. The van der Waals surface area contributed by atoms with Crippen molar-refractivity contribution in [2.24, 2.45) is 5.92 Å². The minimum atomic E-state index is -0.720. The molecule has 2 aliphatic rings.